The predicted molar refractivity (Wildman–Crippen MR) is 81.9 cm³/mol. The number of hydrogen-bond acceptors (Lipinski definition) is 4. The molecule has 0 heterocycles. The zero-order valence-corrected chi connectivity index (χ0v) is 13.4. The molecule has 0 saturated heterocycles. The fraction of sp³-hybridized carbons (Fsp3) is 0.600. The fourth-order valence-corrected chi connectivity index (χ4v) is 2.02. The minimum absolute atomic E-state index is 0.00285. The molecule has 0 aliphatic rings. The summed E-state index contributed by atoms with van der Waals surface area (Å²) in [7, 11) is 3.25. The van der Waals surface area contributed by atoms with Gasteiger partial charge < -0.3 is 19.9 Å². The number of methoxy groups -OCH3 is 2. The molecule has 0 aromatic heterocycles. The van der Waals surface area contributed by atoms with Crippen LogP contribution in [0, 0.1) is 0 Å². The summed E-state index contributed by atoms with van der Waals surface area (Å²) in [4.78, 5) is 0. The number of rotatable bonds is 8. The van der Waals surface area contributed by atoms with E-state index in [1.165, 1.54) is 0 Å². The maximum absolute atomic E-state index is 6.12. The van der Waals surface area contributed by atoms with Gasteiger partial charge in [0, 0.05) is 29.8 Å². The average molecular weight is 302 g/mol. The second kappa shape index (κ2) is 8.35. The average Bonchev–Trinajstić information content (AvgIpc) is 2.44. The van der Waals surface area contributed by atoms with E-state index in [2.05, 4.69) is 6.92 Å². The minimum Gasteiger partial charge on any atom is -0.493 e. The Labute approximate surface area is 126 Å². The highest BCUT2D eigenvalue weighted by molar-refractivity contribution is 6.30. The summed E-state index contributed by atoms with van der Waals surface area (Å²) in [5, 5.41) is 0.618. The van der Waals surface area contributed by atoms with Gasteiger partial charge in [-0.05, 0) is 25.8 Å². The molecule has 0 spiro atoms. The maximum Gasteiger partial charge on any atom is 0.164 e. The third-order valence-corrected chi connectivity index (χ3v) is 3.41. The van der Waals surface area contributed by atoms with Gasteiger partial charge in [-0.2, -0.15) is 0 Å². The van der Waals surface area contributed by atoms with Crippen molar-refractivity contribution < 1.29 is 14.2 Å². The molecule has 4 nitrogen and oxygen atoms in total. The summed E-state index contributed by atoms with van der Waals surface area (Å²) in [6, 6.07) is 3.70. The smallest absolute Gasteiger partial charge is 0.164 e. The molecular formula is C15H24ClNO3. The standard InChI is InChI=1S/C15H24ClNO3/c1-5-13(17)7-11-6-12(16)8-14(19-4)15(11)20-9-10(2)18-3/h6,8,10,13H,5,7,9,17H2,1-4H3. The molecular weight excluding hydrogens is 278 g/mol. The van der Waals surface area contributed by atoms with Gasteiger partial charge in [0.15, 0.2) is 11.5 Å². The molecule has 2 atom stereocenters. The summed E-state index contributed by atoms with van der Waals surface area (Å²) in [5.41, 5.74) is 7.00. The lowest BCUT2D eigenvalue weighted by atomic mass is 10.0. The zero-order valence-electron chi connectivity index (χ0n) is 12.6. The summed E-state index contributed by atoms with van der Waals surface area (Å²) in [5.74, 6) is 1.32. The zero-order chi connectivity index (χ0) is 15.1. The van der Waals surface area contributed by atoms with Gasteiger partial charge in [-0.25, -0.2) is 0 Å². The van der Waals surface area contributed by atoms with Crippen LogP contribution >= 0.6 is 11.6 Å². The van der Waals surface area contributed by atoms with E-state index >= 15 is 0 Å². The minimum atomic E-state index is 0.00285. The van der Waals surface area contributed by atoms with E-state index in [9.17, 15) is 0 Å². The highest BCUT2D eigenvalue weighted by Gasteiger charge is 2.16. The van der Waals surface area contributed by atoms with E-state index in [-0.39, 0.29) is 12.1 Å². The molecule has 0 saturated carbocycles. The Morgan fingerprint density at radius 2 is 2.00 bits per heavy atom. The lowest BCUT2D eigenvalue weighted by molar-refractivity contribution is 0.0702. The molecule has 0 aliphatic heterocycles. The molecule has 1 aromatic rings. The van der Waals surface area contributed by atoms with Crippen LogP contribution in [-0.2, 0) is 11.2 Å². The highest BCUT2D eigenvalue weighted by Crippen LogP contribution is 2.35. The topological polar surface area (TPSA) is 53.7 Å². The molecule has 2 unspecified atom stereocenters. The van der Waals surface area contributed by atoms with Gasteiger partial charge in [0.2, 0.25) is 0 Å². The van der Waals surface area contributed by atoms with Crippen molar-refractivity contribution in [3.8, 4) is 11.5 Å². The quantitative estimate of drug-likeness (QED) is 0.802. The maximum atomic E-state index is 6.12. The van der Waals surface area contributed by atoms with Crippen molar-refractivity contribution >= 4 is 11.6 Å². The van der Waals surface area contributed by atoms with Gasteiger partial charge in [0.1, 0.15) is 6.61 Å². The molecule has 1 rings (SSSR count). The molecule has 2 N–H and O–H groups in total. The van der Waals surface area contributed by atoms with E-state index in [0.29, 0.717) is 29.5 Å². The Hall–Kier alpha value is -0.970. The van der Waals surface area contributed by atoms with Crippen LogP contribution in [0.25, 0.3) is 0 Å². The Bertz CT molecular complexity index is 426. The largest absolute Gasteiger partial charge is 0.493 e. The van der Waals surface area contributed by atoms with Crippen LogP contribution in [0.15, 0.2) is 12.1 Å². The Balaban J connectivity index is 3.02. The SMILES string of the molecule is CCC(N)Cc1cc(Cl)cc(OC)c1OCC(C)OC. The monoisotopic (exact) mass is 301 g/mol. The van der Waals surface area contributed by atoms with Gasteiger partial charge in [-0.1, -0.05) is 18.5 Å². The summed E-state index contributed by atoms with van der Waals surface area (Å²) in [6.45, 7) is 4.45. The normalized spacial score (nSPS) is 13.9. The van der Waals surface area contributed by atoms with Crippen molar-refractivity contribution in [2.24, 2.45) is 5.73 Å². The third kappa shape index (κ3) is 4.85. The van der Waals surface area contributed by atoms with E-state index in [1.54, 1.807) is 20.3 Å². The number of halogens is 1. The first-order chi connectivity index (χ1) is 9.51. The van der Waals surface area contributed by atoms with Crippen molar-refractivity contribution in [2.45, 2.75) is 38.8 Å². The van der Waals surface area contributed by atoms with Crippen LogP contribution in [0.2, 0.25) is 5.02 Å². The molecule has 0 amide bonds. The molecule has 20 heavy (non-hydrogen) atoms. The molecule has 5 heteroatoms. The predicted octanol–water partition coefficient (Wildman–Crippen LogP) is 3.04. The van der Waals surface area contributed by atoms with E-state index < -0.39 is 0 Å². The summed E-state index contributed by atoms with van der Waals surface area (Å²) >= 11 is 6.12. The Morgan fingerprint density at radius 1 is 1.30 bits per heavy atom. The first-order valence-corrected chi connectivity index (χ1v) is 7.17. The first-order valence-electron chi connectivity index (χ1n) is 6.79. The number of nitrogens with two attached hydrogens (primary N) is 1. The summed E-state index contributed by atoms with van der Waals surface area (Å²) in [6.07, 6.45) is 1.59. The van der Waals surface area contributed by atoms with Gasteiger partial charge >= 0.3 is 0 Å². The second-order valence-corrected chi connectivity index (χ2v) is 5.26. The van der Waals surface area contributed by atoms with Gasteiger partial charge in [0.25, 0.3) is 0 Å². The van der Waals surface area contributed by atoms with Crippen molar-refractivity contribution in [1.82, 2.24) is 0 Å². The van der Waals surface area contributed by atoms with Gasteiger partial charge in [-0.15, -0.1) is 0 Å². The van der Waals surface area contributed by atoms with Gasteiger partial charge in [0.05, 0.1) is 13.2 Å². The first kappa shape index (κ1) is 17.1. The fourth-order valence-electron chi connectivity index (χ4n) is 1.79. The Morgan fingerprint density at radius 3 is 2.55 bits per heavy atom. The summed E-state index contributed by atoms with van der Waals surface area (Å²) < 4.78 is 16.4. The molecule has 1 aromatic carbocycles. The van der Waals surface area contributed by atoms with E-state index in [4.69, 9.17) is 31.5 Å². The van der Waals surface area contributed by atoms with Crippen LogP contribution in [0.5, 0.6) is 11.5 Å². The number of ether oxygens (including phenoxy) is 3. The molecule has 0 bridgehead atoms. The van der Waals surface area contributed by atoms with E-state index in [0.717, 1.165) is 12.0 Å². The molecule has 114 valence electrons. The van der Waals surface area contributed by atoms with Crippen LogP contribution in [0.4, 0.5) is 0 Å². The second-order valence-electron chi connectivity index (χ2n) is 4.83. The van der Waals surface area contributed by atoms with Crippen molar-refractivity contribution in [3.05, 3.63) is 22.7 Å². The molecule has 0 fully saturated rings. The van der Waals surface area contributed by atoms with Crippen LogP contribution in [0.1, 0.15) is 25.8 Å². The van der Waals surface area contributed by atoms with Crippen molar-refractivity contribution in [1.29, 1.82) is 0 Å². The van der Waals surface area contributed by atoms with Crippen LogP contribution in [0.3, 0.4) is 0 Å². The Kier molecular flexibility index (Phi) is 7.13. The molecule has 0 aliphatic carbocycles. The van der Waals surface area contributed by atoms with Crippen LogP contribution in [-0.4, -0.2) is 33.0 Å². The van der Waals surface area contributed by atoms with Crippen LogP contribution < -0.4 is 15.2 Å². The van der Waals surface area contributed by atoms with Crippen molar-refractivity contribution in [2.75, 3.05) is 20.8 Å². The molecule has 0 radical (unpaired) electrons. The highest BCUT2D eigenvalue weighted by atomic mass is 35.5. The van der Waals surface area contributed by atoms with Crippen molar-refractivity contribution in [3.63, 3.8) is 0 Å². The third-order valence-electron chi connectivity index (χ3n) is 3.19. The van der Waals surface area contributed by atoms with Gasteiger partial charge in [-0.3, -0.25) is 0 Å². The number of hydrogen-bond donors (Lipinski definition) is 1. The lowest BCUT2D eigenvalue weighted by Gasteiger charge is -2.19. The lowest BCUT2D eigenvalue weighted by Crippen LogP contribution is -2.22. The number of benzene rings is 1. The van der Waals surface area contributed by atoms with E-state index in [1.807, 2.05) is 13.0 Å².